The highest BCUT2D eigenvalue weighted by Gasteiger charge is 2.08. The number of thiophene rings is 2. The highest BCUT2D eigenvalue weighted by atomic mass is 32.1. The maximum atomic E-state index is 5.65. The third kappa shape index (κ3) is 60.3. The number of nitrogens with zero attached hydrogens (tertiary/aromatic N) is 1. The van der Waals surface area contributed by atoms with Crippen molar-refractivity contribution < 1.29 is 8.83 Å². The zero-order chi connectivity index (χ0) is 95.9. The first-order chi connectivity index (χ1) is 62.7. The molecule has 0 spiro atoms. The predicted molar refractivity (Wildman–Crippen MR) is 628 cm³/mol. The lowest BCUT2D eigenvalue weighted by Gasteiger charge is -2.11. The van der Waals surface area contributed by atoms with E-state index < -0.39 is 0 Å². The van der Waals surface area contributed by atoms with Gasteiger partial charge in [0.1, 0.15) is 11.2 Å². The van der Waals surface area contributed by atoms with E-state index >= 15 is 0 Å². The summed E-state index contributed by atoms with van der Waals surface area (Å²) in [5.41, 5.74) is 11.9. The van der Waals surface area contributed by atoms with Gasteiger partial charge in [0.15, 0.2) is 0 Å². The normalized spacial score (nSPS) is 8.06. The lowest BCUT2D eigenvalue weighted by molar-refractivity contribution is 0.567. The standard InChI is InChI=1S/C24H18.C14H10.C14H12.C12H8O.C12H8S.C5H5N.C4H4O.C4H4S.16C2H6.6CH4/c1-4-10-19(11-5-1)22-16-23(20-12-6-2-7-13-20)18-24(17-22)21-14-8-3-9-15-21;1-3-7-13-11(5-1)9-10-12-6-2-4-8-14(12)13;1-3-7-13(8-4-1)11-12-14-9-5-2-6-10-14;2*1-3-7-11-9(5-1)10-6-2-4-8-12(10)13-11;1-2-4-6-5-3-1;2*1-2-4-5-3-1;16*1-2;;;;;;/h1-18H;1-10H;1-12H;2*1-8H;1-5H;2*1-4H;16*1-2H3;6*1H4/b;;12-11+;;;;;;;;;;;;;;;;;;;;;;;;;;;. The molecule has 0 aliphatic heterocycles. The summed E-state index contributed by atoms with van der Waals surface area (Å²) in [7, 11) is 0. The minimum atomic E-state index is 0. The van der Waals surface area contributed by atoms with Gasteiger partial charge in [-0.2, -0.15) is 11.3 Å². The van der Waals surface area contributed by atoms with Crippen LogP contribution in [0.5, 0.6) is 0 Å². The number of para-hydroxylation sites is 2. The van der Waals surface area contributed by atoms with E-state index in [0.29, 0.717) is 0 Å². The summed E-state index contributed by atoms with van der Waals surface area (Å²) < 4.78 is 13.0. The van der Waals surface area contributed by atoms with Gasteiger partial charge in [0.25, 0.3) is 0 Å². The largest absolute Gasteiger partial charge is 0.473 e. The van der Waals surface area contributed by atoms with Crippen LogP contribution < -0.4 is 0 Å². The van der Waals surface area contributed by atoms with Crippen molar-refractivity contribution >= 4 is 98.5 Å². The fourth-order valence-corrected chi connectivity index (χ4v) is 12.0. The highest BCUT2D eigenvalue weighted by Crippen LogP contribution is 2.35. The van der Waals surface area contributed by atoms with Crippen molar-refractivity contribution in [1.82, 2.24) is 4.98 Å². The van der Waals surface area contributed by atoms with Gasteiger partial charge < -0.3 is 8.83 Å². The second-order valence-electron chi connectivity index (χ2n) is 21.4. The Morgan fingerprint density at radius 2 is 0.439 bits per heavy atom. The van der Waals surface area contributed by atoms with Crippen molar-refractivity contribution in [2.24, 2.45) is 0 Å². The smallest absolute Gasteiger partial charge is 0.135 e. The van der Waals surface area contributed by atoms with Crippen LogP contribution in [-0.2, 0) is 0 Å². The second-order valence-corrected chi connectivity index (χ2v) is 23.3. The van der Waals surface area contributed by atoms with E-state index in [1.165, 1.54) is 97.0 Å². The molecule has 18 aromatic rings. The maximum absolute atomic E-state index is 5.65. The first-order valence-electron chi connectivity index (χ1n) is 47.2. The maximum Gasteiger partial charge on any atom is 0.135 e. The quantitative estimate of drug-likeness (QED) is 0.127. The van der Waals surface area contributed by atoms with Crippen molar-refractivity contribution in [3.05, 3.63) is 417 Å². The molecule has 0 fully saturated rings. The van der Waals surface area contributed by atoms with Gasteiger partial charge in [-0.1, -0.05) is 582 Å². The monoisotopic (exact) mass is 1820 g/mol. The van der Waals surface area contributed by atoms with Crippen molar-refractivity contribution in [3.63, 3.8) is 0 Å². The fraction of sp³-hybridized carbons (Fsp3) is 0.299. The molecule has 13 aromatic carbocycles. The molecule has 0 aliphatic carbocycles. The summed E-state index contributed by atoms with van der Waals surface area (Å²) in [4.78, 5) is 3.78. The molecule has 5 heterocycles. The van der Waals surface area contributed by atoms with E-state index in [1.807, 2.05) is 359 Å². The Balaban J connectivity index is -0.000000122. The molecule has 132 heavy (non-hydrogen) atoms. The average molecular weight is 1830 g/mol. The van der Waals surface area contributed by atoms with E-state index in [2.05, 4.69) is 276 Å². The van der Waals surface area contributed by atoms with Crippen LogP contribution in [0, 0.1) is 0 Å². The van der Waals surface area contributed by atoms with Crippen LogP contribution in [0.2, 0.25) is 0 Å². The summed E-state index contributed by atoms with van der Waals surface area (Å²) in [6, 6.07) is 127. The number of hydrogen-bond acceptors (Lipinski definition) is 5. The highest BCUT2D eigenvalue weighted by molar-refractivity contribution is 7.25. The minimum absolute atomic E-state index is 0. The Bertz CT molecular complexity index is 4580. The topological polar surface area (TPSA) is 39.2 Å². The van der Waals surface area contributed by atoms with Crippen LogP contribution in [0.4, 0.5) is 0 Å². The summed E-state index contributed by atoms with van der Waals surface area (Å²) in [6.07, 6.45) is 11.0. The van der Waals surface area contributed by atoms with Crippen molar-refractivity contribution in [3.8, 4) is 33.4 Å². The lowest BCUT2D eigenvalue weighted by atomic mass is 9.93. The van der Waals surface area contributed by atoms with Crippen molar-refractivity contribution in [2.45, 2.75) is 266 Å². The van der Waals surface area contributed by atoms with Gasteiger partial charge in [0.2, 0.25) is 0 Å². The van der Waals surface area contributed by atoms with Gasteiger partial charge in [-0.25, -0.2) is 0 Å². The fourth-order valence-electron chi connectivity index (χ4n) is 10.4. The van der Waals surface area contributed by atoms with Crippen LogP contribution in [-0.4, -0.2) is 4.98 Å². The van der Waals surface area contributed by atoms with Crippen LogP contribution in [0.25, 0.3) is 109 Å². The van der Waals surface area contributed by atoms with Gasteiger partial charge in [0, 0.05) is 43.3 Å². The molecule has 5 heteroatoms. The molecule has 0 unspecified atom stereocenters. The number of furan rings is 2. The lowest BCUT2D eigenvalue weighted by Crippen LogP contribution is -1.85. The summed E-state index contributed by atoms with van der Waals surface area (Å²) in [5, 5.41) is 14.5. The average Bonchev–Trinajstić information content (AvgIpc) is 1.22. The molecule has 0 aliphatic rings. The van der Waals surface area contributed by atoms with E-state index in [4.69, 9.17) is 4.42 Å². The Morgan fingerprint density at radius 1 is 0.205 bits per heavy atom. The van der Waals surface area contributed by atoms with Gasteiger partial charge in [-0.15, -0.1) is 11.3 Å². The predicted octanol–water partition coefficient (Wildman–Crippen LogP) is 46.5. The first-order valence-corrected chi connectivity index (χ1v) is 48.9. The molecule has 0 saturated carbocycles. The summed E-state index contributed by atoms with van der Waals surface area (Å²) in [6.45, 7) is 64.0. The van der Waals surface area contributed by atoms with Crippen LogP contribution in [0.15, 0.2) is 415 Å². The van der Waals surface area contributed by atoms with Crippen molar-refractivity contribution in [1.29, 1.82) is 0 Å². The molecular weight excluding hydrogens is 1640 g/mol. The molecule has 18 rings (SSSR count). The molecule has 726 valence electrons. The third-order valence-corrected chi connectivity index (χ3v) is 16.7. The third-order valence-electron chi connectivity index (χ3n) is 15.0. The second kappa shape index (κ2) is 112. The summed E-state index contributed by atoms with van der Waals surface area (Å²) >= 11 is 3.57. The summed E-state index contributed by atoms with van der Waals surface area (Å²) in [5.74, 6) is 0. The van der Waals surface area contributed by atoms with E-state index in [-0.39, 0.29) is 44.6 Å². The Kier molecular flexibility index (Phi) is 123. The number of rotatable bonds is 5. The van der Waals surface area contributed by atoms with Crippen molar-refractivity contribution in [2.75, 3.05) is 0 Å². The molecule has 5 aromatic heterocycles. The van der Waals surface area contributed by atoms with Gasteiger partial charge in [-0.05, 0) is 144 Å². The van der Waals surface area contributed by atoms with E-state index in [9.17, 15) is 0 Å². The van der Waals surface area contributed by atoms with Gasteiger partial charge in [0.05, 0.1) is 12.5 Å². The zero-order valence-electron chi connectivity index (χ0n) is 83.9. The molecule has 0 atom stereocenters. The molecule has 0 radical (unpaired) electrons. The molecular formula is C127H189NO2S2. The van der Waals surface area contributed by atoms with Crippen LogP contribution in [0.3, 0.4) is 0 Å². The van der Waals surface area contributed by atoms with Gasteiger partial charge >= 0.3 is 0 Å². The van der Waals surface area contributed by atoms with Crippen LogP contribution in [0.1, 0.15) is 277 Å². The number of benzene rings is 13. The molecule has 0 saturated heterocycles. The minimum Gasteiger partial charge on any atom is -0.473 e. The molecule has 0 N–H and O–H groups in total. The number of fused-ring (bicyclic) bond motifs is 9. The zero-order valence-corrected chi connectivity index (χ0v) is 85.6. The molecule has 3 nitrogen and oxygen atoms in total. The Hall–Kier alpha value is -11.7. The Labute approximate surface area is 822 Å². The first kappa shape index (κ1) is 146. The number of hydrogen-bond donors (Lipinski definition) is 0. The molecule has 0 bridgehead atoms. The van der Waals surface area contributed by atoms with Crippen LogP contribution >= 0.6 is 22.7 Å². The Morgan fingerprint density at radius 3 is 0.682 bits per heavy atom. The number of aromatic nitrogens is 1. The van der Waals surface area contributed by atoms with Gasteiger partial charge in [-0.3, -0.25) is 4.98 Å². The van der Waals surface area contributed by atoms with E-state index in [1.54, 1.807) is 36.3 Å². The molecule has 0 amide bonds. The number of pyridine rings is 1. The van der Waals surface area contributed by atoms with E-state index in [0.717, 1.165) is 11.2 Å². The SMILES string of the molecule is C.C.C.C.C.C.C(=C\c1ccccc1)/c1ccccc1.CC.CC.CC.CC.CC.CC.CC.CC.CC.CC.CC.CC.CC.CC.CC.CC.c1ccc(-c2cc(-c3ccccc3)cc(-c3ccccc3)c2)cc1.c1ccc2c(c1)ccc1ccccc12.c1ccc2c(c1)oc1ccccc12.c1ccc2c(c1)sc1ccccc12.c1ccncc1.c1ccoc1.c1ccsc1.